The van der Waals surface area contributed by atoms with Gasteiger partial charge in [0.25, 0.3) is 5.91 Å². The normalized spacial score (nSPS) is 14.4. The van der Waals surface area contributed by atoms with Crippen molar-refractivity contribution in [2.24, 2.45) is 0 Å². The van der Waals surface area contributed by atoms with Crippen LogP contribution in [-0.4, -0.2) is 35.3 Å². The maximum atomic E-state index is 14.5. The number of amides is 1. The molecule has 1 aliphatic rings. The molecule has 9 heteroatoms. The van der Waals surface area contributed by atoms with Crippen LogP contribution in [0.4, 0.5) is 10.1 Å². The number of ether oxygens (including phenoxy) is 1. The number of hydrogen-bond donors (Lipinski definition) is 1. The fourth-order valence-electron chi connectivity index (χ4n) is 3.22. The Balaban J connectivity index is 1.56. The van der Waals surface area contributed by atoms with E-state index in [9.17, 15) is 18.2 Å². The minimum Gasteiger partial charge on any atom is -0.459 e. The summed E-state index contributed by atoms with van der Waals surface area (Å²) in [5.41, 5.74) is 1.02. The summed E-state index contributed by atoms with van der Waals surface area (Å²) < 4.78 is 40.2. The minimum atomic E-state index is -2.05. The average molecular weight is 444 g/mol. The molecule has 0 radical (unpaired) electrons. The number of carbonyl (C=O) groups is 2. The Morgan fingerprint density at radius 1 is 1.19 bits per heavy atom. The Bertz CT molecular complexity index is 1190. The second-order valence-electron chi connectivity index (χ2n) is 7.44. The molecule has 0 saturated carbocycles. The van der Waals surface area contributed by atoms with Crippen LogP contribution in [0.5, 0.6) is 0 Å². The standard InChI is InChI=1S/C22H21FN2O5S/c1-13(2)29-22(27)15-6-3-4-7-20(15)31(28)24-21(26)19-12-16-17(23)10-14(11-18(16)30-19)25-8-5-9-25/h3-4,6-7,10-13H,5,8-9H2,1-2H3,(H,24,26). The van der Waals surface area contributed by atoms with Gasteiger partial charge in [-0.1, -0.05) is 12.1 Å². The van der Waals surface area contributed by atoms with Gasteiger partial charge in [0.1, 0.15) is 11.4 Å². The van der Waals surface area contributed by atoms with Gasteiger partial charge in [-0.25, -0.2) is 13.4 Å². The molecule has 31 heavy (non-hydrogen) atoms. The number of anilines is 1. The number of nitrogens with one attached hydrogen (secondary N) is 1. The lowest BCUT2D eigenvalue weighted by molar-refractivity contribution is 0.0373. The van der Waals surface area contributed by atoms with E-state index in [0.717, 1.165) is 19.5 Å². The lowest BCUT2D eigenvalue weighted by atomic mass is 10.1. The van der Waals surface area contributed by atoms with Crippen molar-refractivity contribution in [2.45, 2.75) is 31.3 Å². The third kappa shape index (κ3) is 4.32. The molecule has 1 saturated heterocycles. The Hall–Kier alpha value is -3.20. The van der Waals surface area contributed by atoms with E-state index in [1.165, 1.54) is 24.3 Å². The predicted octanol–water partition coefficient (Wildman–Crippen LogP) is 3.80. The topological polar surface area (TPSA) is 88.8 Å². The highest BCUT2D eigenvalue weighted by molar-refractivity contribution is 7.83. The van der Waals surface area contributed by atoms with E-state index in [1.807, 2.05) is 4.90 Å². The molecule has 0 spiro atoms. The van der Waals surface area contributed by atoms with E-state index < -0.39 is 28.7 Å². The first kappa shape index (κ1) is 21.0. The van der Waals surface area contributed by atoms with Gasteiger partial charge in [-0.05, 0) is 38.5 Å². The van der Waals surface area contributed by atoms with Gasteiger partial charge in [-0.15, -0.1) is 0 Å². The van der Waals surface area contributed by atoms with Gasteiger partial charge in [-0.3, -0.25) is 9.52 Å². The maximum Gasteiger partial charge on any atom is 0.339 e. The third-order valence-electron chi connectivity index (χ3n) is 4.85. The summed E-state index contributed by atoms with van der Waals surface area (Å²) in [6.45, 7) is 5.09. The van der Waals surface area contributed by atoms with Crippen molar-refractivity contribution in [3.63, 3.8) is 0 Å². The molecular weight excluding hydrogens is 423 g/mol. The average Bonchev–Trinajstić information content (AvgIpc) is 3.11. The quantitative estimate of drug-likeness (QED) is 0.582. The summed E-state index contributed by atoms with van der Waals surface area (Å²) >= 11 is 0. The van der Waals surface area contributed by atoms with Gasteiger partial charge in [-0.2, -0.15) is 0 Å². The highest BCUT2D eigenvalue weighted by Crippen LogP contribution is 2.30. The van der Waals surface area contributed by atoms with Crippen molar-refractivity contribution in [3.05, 3.63) is 59.6 Å². The number of hydrogen-bond acceptors (Lipinski definition) is 6. The number of benzene rings is 2. The van der Waals surface area contributed by atoms with Crippen molar-refractivity contribution >= 4 is 39.5 Å². The number of furan rings is 1. The number of carbonyl (C=O) groups excluding carboxylic acids is 2. The lowest BCUT2D eigenvalue weighted by Crippen LogP contribution is -2.36. The summed E-state index contributed by atoms with van der Waals surface area (Å²) in [5.74, 6) is -2.10. The van der Waals surface area contributed by atoms with Gasteiger partial charge < -0.3 is 14.1 Å². The van der Waals surface area contributed by atoms with E-state index in [2.05, 4.69) is 4.72 Å². The first-order valence-electron chi connectivity index (χ1n) is 9.84. The van der Waals surface area contributed by atoms with E-state index in [-0.39, 0.29) is 33.3 Å². The van der Waals surface area contributed by atoms with Gasteiger partial charge >= 0.3 is 5.97 Å². The molecule has 1 aromatic heterocycles. The first-order valence-corrected chi connectivity index (χ1v) is 11.0. The molecule has 1 amide bonds. The predicted molar refractivity (Wildman–Crippen MR) is 114 cm³/mol. The van der Waals surface area contributed by atoms with Crippen LogP contribution in [0.15, 0.2) is 51.8 Å². The molecule has 162 valence electrons. The number of esters is 1. The van der Waals surface area contributed by atoms with Crippen molar-refractivity contribution in [1.29, 1.82) is 0 Å². The van der Waals surface area contributed by atoms with Crippen LogP contribution < -0.4 is 9.62 Å². The van der Waals surface area contributed by atoms with Crippen LogP contribution in [0, 0.1) is 5.82 Å². The third-order valence-corrected chi connectivity index (χ3v) is 5.98. The Morgan fingerprint density at radius 2 is 1.94 bits per heavy atom. The van der Waals surface area contributed by atoms with E-state index in [4.69, 9.17) is 9.15 Å². The van der Waals surface area contributed by atoms with E-state index >= 15 is 0 Å². The molecule has 4 rings (SSSR count). The summed E-state index contributed by atoms with van der Waals surface area (Å²) in [6.07, 6.45) is 0.693. The molecule has 1 unspecified atom stereocenters. The van der Waals surface area contributed by atoms with Gasteiger partial charge in [0.05, 0.1) is 21.9 Å². The summed E-state index contributed by atoms with van der Waals surface area (Å²) in [7, 11) is -2.05. The molecule has 1 atom stereocenters. The number of fused-ring (bicyclic) bond motifs is 1. The highest BCUT2D eigenvalue weighted by Gasteiger charge is 2.23. The van der Waals surface area contributed by atoms with Crippen LogP contribution in [0.1, 0.15) is 41.2 Å². The van der Waals surface area contributed by atoms with E-state index in [1.54, 1.807) is 32.0 Å². The Labute approximate surface area is 180 Å². The molecule has 0 aliphatic carbocycles. The minimum absolute atomic E-state index is 0.0877. The molecule has 1 aliphatic heterocycles. The fraction of sp³-hybridized carbons (Fsp3) is 0.273. The second-order valence-corrected chi connectivity index (χ2v) is 8.62. The largest absolute Gasteiger partial charge is 0.459 e. The molecule has 2 aromatic carbocycles. The zero-order valence-electron chi connectivity index (χ0n) is 17.0. The molecule has 0 bridgehead atoms. The van der Waals surface area contributed by atoms with Crippen molar-refractivity contribution < 1.29 is 27.3 Å². The Morgan fingerprint density at radius 3 is 2.61 bits per heavy atom. The van der Waals surface area contributed by atoms with Crippen LogP contribution in [0.25, 0.3) is 11.0 Å². The molecule has 3 aromatic rings. The van der Waals surface area contributed by atoms with E-state index in [0.29, 0.717) is 5.69 Å². The SMILES string of the molecule is CC(C)OC(=O)c1ccccc1S(=O)NC(=O)c1cc2c(F)cc(N3CCC3)cc2o1. The molecule has 2 heterocycles. The summed E-state index contributed by atoms with van der Waals surface area (Å²) in [5, 5.41) is 0.168. The lowest BCUT2D eigenvalue weighted by Gasteiger charge is -2.33. The smallest absolute Gasteiger partial charge is 0.339 e. The van der Waals surface area contributed by atoms with Crippen LogP contribution >= 0.6 is 0 Å². The first-order chi connectivity index (χ1) is 14.8. The maximum absolute atomic E-state index is 14.5. The summed E-state index contributed by atoms with van der Waals surface area (Å²) in [6, 6.07) is 10.5. The fourth-order valence-corrected chi connectivity index (χ4v) is 4.15. The van der Waals surface area contributed by atoms with Crippen molar-refractivity contribution in [1.82, 2.24) is 4.72 Å². The van der Waals surface area contributed by atoms with Crippen molar-refractivity contribution in [2.75, 3.05) is 18.0 Å². The number of halogens is 1. The van der Waals surface area contributed by atoms with Gasteiger partial charge in [0.2, 0.25) is 0 Å². The zero-order valence-corrected chi connectivity index (χ0v) is 17.8. The number of nitrogens with zero attached hydrogens (tertiary/aromatic N) is 1. The molecule has 1 N–H and O–H groups in total. The zero-order chi connectivity index (χ0) is 22.1. The second kappa shape index (κ2) is 8.50. The van der Waals surface area contributed by atoms with Gasteiger partial charge in [0, 0.05) is 30.9 Å². The number of rotatable bonds is 6. The monoisotopic (exact) mass is 444 g/mol. The Kier molecular flexibility index (Phi) is 5.77. The van der Waals surface area contributed by atoms with Crippen LogP contribution in [0.3, 0.4) is 0 Å². The molecule has 7 nitrogen and oxygen atoms in total. The van der Waals surface area contributed by atoms with Crippen LogP contribution in [-0.2, 0) is 15.7 Å². The highest BCUT2D eigenvalue weighted by atomic mass is 32.2. The molecule has 1 fully saturated rings. The molecular formula is C22H21FN2O5S. The van der Waals surface area contributed by atoms with Gasteiger partial charge in [0.15, 0.2) is 16.7 Å². The van der Waals surface area contributed by atoms with Crippen molar-refractivity contribution in [3.8, 4) is 0 Å². The summed E-state index contributed by atoms with van der Waals surface area (Å²) in [4.78, 5) is 27.0. The van der Waals surface area contributed by atoms with Crippen LogP contribution in [0.2, 0.25) is 0 Å².